The molecule has 2 aliphatic carbocycles. The van der Waals surface area contributed by atoms with E-state index in [1.54, 1.807) is 4.90 Å². The normalized spacial score (nSPS) is 31.1. The lowest BCUT2D eigenvalue weighted by Crippen LogP contribution is -2.58. The smallest absolute Gasteiger partial charge is 0.394 e. The molecule has 2 saturated carbocycles. The summed E-state index contributed by atoms with van der Waals surface area (Å²) >= 11 is 0. The standard InChI is InChI=1S/C15H27F3N2O/c1-11(2)19-14(10-21)7-3-4-13(8-14)20(12-5-6-12)9-15(16,17)18/h11-13,19,21H,3-10H2,1-2H3. The summed E-state index contributed by atoms with van der Waals surface area (Å²) in [5, 5.41) is 13.2. The number of hydrogen-bond acceptors (Lipinski definition) is 3. The number of nitrogens with zero attached hydrogens (tertiary/aromatic N) is 1. The summed E-state index contributed by atoms with van der Waals surface area (Å²) in [5.41, 5.74) is -0.421. The summed E-state index contributed by atoms with van der Waals surface area (Å²) in [7, 11) is 0. The van der Waals surface area contributed by atoms with Gasteiger partial charge in [0.15, 0.2) is 0 Å². The molecule has 21 heavy (non-hydrogen) atoms. The Morgan fingerprint density at radius 2 is 1.90 bits per heavy atom. The van der Waals surface area contributed by atoms with Crippen molar-refractivity contribution >= 4 is 0 Å². The fraction of sp³-hybridized carbons (Fsp3) is 1.00. The van der Waals surface area contributed by atoms with E-state index >= 15 is 0 Å². The van der Waals surface area contributed by atoms with Crippen LogP contribution in [0.1, 0.15) is 52.4 Å². The SMILES string of the molecule is CC(C)NC1(CO)CCCC(N(CC(F)(F)F)C2CC2)C1. The van der Waals surface area contributed by atoms with Crippen molar-refractivity contribution in [2.24, 2.45) is 0 Å². The van der Waals surface area contributed by atoms with E-state index in [4.69, 9.17) is 0 Å². The molecule has 0 amide bonds. The second kappa shape index (κ2) is 6.42. The van der Waals surface area contributed by atoms with Gasteiger partial charge < -0.3 is 10.4 Å². The molecule has 3 nitrogen and oxygen atoms in total. The second-order valence-corrected chi connectivity index (χ2v) is 7.01. The average molecular weight is 308 g/mol. The Hall–Kier alpha value is -0.330. The fourth-order valence-corrected chi connectivity index (χ4v) is 3.72. The van der Waals surface area contributed by atoms with Crippen LogP contribution in [0.15, 0.2) is 0 Å². The van der Waals surface area contributed by atoms with Crippen LogP contribution in [0.3, 0.4) is 0 Å². The highest BCUT2D eigenvalue weighted by Gasteiger charge is 2.45. The van der Waals surface area contributed by atoms with Gasteiger partial charge in [-0.15, -0.1) is 0 Å². The number of halogens is 3. The summed E-state index contributed by atoms with van der Waals surface area (Å²) in [6.45, 7) is 3.20. The number of aliphatic hydroxyl groups excluding tert-OH is 1. The van der Waals surface area contributed by atoms with Crippen LogP contribution in [0.2, 0.25) is 0 Å². The van der Waals surface area contributed by atoms with E-state index in [0.29, 0.717) is 6.42 Å². The van der Waals surface area contributed by atoms with Gasteiger partial charge in [0, 0.05) is 23.7 Å². The Bertz CT molecular complexity index is 344. The van der Waals surface area contributed by atoms with Crippen LogP contribution in [-0.2, 0) is 0 Å². The summed E-state index contributed by atoms with van der Waals surface area (Å²) in [5.74, 6) is 0. The lowest BCUT2D eigenvalue weighted by molar-refractivity contribution is -0.155. The number of hydrogen-bond donors (Lipinski definition) is 2. The largest absolute Gasteiger partial charge is 0.401 e. The van der Waals surface area contributed by atoms with E-state index in [1.165, 1.54) is 0 Å². The number of aliphatic hydroxyl groups is 1. The van der Waals surface area contributed by atoms with Crippen molar-refractivity contribution in [1.29, 1.82) is 0 Å². The monoisotopic (exact) mass is 308 g/mol. The van der Waals surface area contributed by atoms with Gasteiger partial charge in [0.2, 0.25) is 0 Å². The Kier molecular flexibility index (Phi) is 5.21. The number of alkyl halides is 3. The van der Waals surface area contributed by atoms with E-state index in [2.05, 4.69) is 5.32 Å². The van der Waals surface area contributed by atoms with Crippen molar-refractivity contribution in [2.45, 2.75) is 82.2 Å². The van der Waals surface area contributed by atoms with E-state index in [0.717, 1.165) is 32.1 Å². The predicted molar refractivity (Wildman–Crippen MR) is 76.1 cm³/mol. The van der Waals surface area contributed by atoms with Crippen LogP contribution >= 0.6 is 0 Å². The molecule has 2 atom stereocenters. The third-order valence-electron chi connectivity index (χ3n) is 4.56. The van der Waals surface area contributed by atoms with E-state index in [9.17, 15) is 18.3 Å². The molecule has 2 N–H and O–H groups in total. The van der Waals surface area contributed by atoms with Crippen LogP contribution < -0.4 is 5.32 Å². The first-order valence-corrected chi connectivity index (χ1v) is 7.96. The Balaban J connectivity index is 2.06. The van der Waals surface area contributed by atoms with Crippen LogP contribution in [0.25, 0.3) is 0 Å². The summed E-state index contributed by atoms with van der Waals surface area (Å²) in [4.78, 5) is 1.64. The maximum absolute atomic E-state index is 12.8. The van der Waals surface area contributed by atoms with Gasteiger partial charge in [-0.1, -0.05) is 13.8 Å². The van der Waals surface area contributed by atoms with Gasteiger partial charge in [-0.3, -0.25) is 4.90 Å². The zero-order valence-corrected chi connectivity index (χ0v) is 12.9. The van der Waals surface area contributed by atoms with Gasteiger partial charge in [-0.05, 0) is 38.5 Å². The van der Waals surface area contributed by atoms with Gasteiger partial charge in [0.25, 0.3) is 0 Å². The molecule has 0 saturated heterocycles. The summed E-state index contributed by atoms with van der Waals surface area (Å²) in [6.07, 6.45) is 0.705. The van der Waals surface area contributed by atoms with Crippen molar-refractivity contribution in [3.8, 4) is 0 Å². The molecule has 0 aromatic heterocycles. The van der Waals surface area contributed by atoms with Gasteiger partial charge in [-0.25, -0.2) is 0 Å². The first kappa shape index (κ1) is 17.0. The van der Waals surface area contributed by atoms with Crippen LogP contribution in [-0.4, -0.2) is 53.0 Å². The number of rotatable bonds is 6. The molecule has 0 aromatic carbocycles. The quantitative estimate of drug-likeness (QED) is 0.792. The fourth-order valence-electron chi connectivity index (χ4n) is 3.72. The van der Waals surface area contributed by atoms with Gasteiger partial charge in [0.05, 0.1) is 13.2 Å². The van der Waals surface area contributed by atoms with Crippen LogP contribution in [0, 0.1) is 0 Å². The lowest BCUT2D eigenvalue weighted by atomic mass is 9.78. The zero-order chi connectivity index (χ0) is 15.7. The van der Waals surface area contributed by atoms with Crippen molar-refractivity contribution in [3.63, 3.8) is 0 Å². The topological polar surface area (TPSA) is 35.5 Å². The first-order chi connectivity index (χ1) is 9.75. The Labute approximate surface area is 124 Å². The maximum atomic E-state index is 12.8. The molecule has 0 heterocycles. The highest BCUT2D eigenvalue weighted by molar-refractivity contribution is 5.00. The molecule has 0 aromatic rings. The molecular weight excluding hydrogens is 281 g/mol. The molecule has 2 aliphatic rings. The predicted octanol–water partition coefficient (Wildman–Crippen LogP) is 2.68. The van der Waals surface area contributed by atoms with Gasteiger partial charge in [0.1, 0.15) is 0 Å². The molecular formula is C15H27F3N2O. The lowest BCUT2D eigenvalue weighted by Gasteiger charge is -2.45. The molecule has 0 spiro atoms. The van der Waals surface area contributed by atoms with Crippen molar-refractivity contribution in [2.75, 3.05) is 13.2 Å². The van der Waals surface area contributed by atoms with Crippen LogP contribution in [0.5, 0.6) is 0 Å². The second-order valence-electron chi connectivity index (χ2n) is 7.01. The van der Waals surface area contributed by atoms with E-state index < -0.39 is 18.3 Å². The third-order valence-corrected chi connectivity index (χ3v) is 4.56. The third kappa shape index (κ3) is 4.83. The molecule has 2 rings (SSSR count). The minimum absolute atomic E-state index is 0.00773. The minimum atomic E-state index is -4.15. The molecule has 124 valence electrons. The van der Waals surface area contributed by atoms with E-state index in [-0.39, 0.29) is 24.7 Å². The van der Waals surface area contributed by atoms with Gasteiger partial charge in [-0.2, -0.15) is 13.2 Å². The highest BCUT2D eigenvalue weighted by Crippen LogP contribution is 2.38. The molecule has 2 fully saturated rings. The maximum Gasteiger partial charge on any atom is 0.401 e. The van der Waals surface area contributed by atoms with Crippen LogP contribution in [0.4, 0.5) is 13.2 Å². The molecule has 0 bridgehead atoms. The Morgan fingerprint density at radius 1 is 1.24 bits per heavy atom. The molecule has 0 aliphatic heterocycles. The zero-order valence-electron chi connectivity index (χ0n) is 12.9. The molecule has 0 radical (unpaired) electrons. The van der Waals surface area contributed by atoms with Gasteiger partial charge >= 0.3 is 6.18 Å². The van der Waals surface area contributed by atoms with Crippen molar-refractivity contribution in [3.05, 3.63) is 0 Å². The summed E-state index contributed by atoms with van der Waals surface area (Å²) in [6, 6.07) is 0.226. The molecule has 2 unspecified atom stereocenters. The molecule has 6 heteroatoms. The first-order valence-electron chi connectivity index (χ1n) is 7.96. The highest BCUT2D eigenvalue weighted by atomic mass is 19.4. The van der Waals surface area contributed by atoms with Crippen molar-refractivity contribution in [1.82, 2.24) is 10.2 Å². The average Bonchev–Trinajstić information content (AvgIpc) is 3.18. The Morgan fingerprint density at radius 3 is 2.38 bits per heavy atom. The minimum Gasteiger partial charge on any atom is -0.394 e. The van der Waals surface area contributed by atoms with Crippen molar-refractivity contribution < 1.29 is 18.3 Å². The summed E-state index contributed by atoms with van der Waals surface area (Å²) < 4.78 is 38.5. The number of nitrogens with one attached hydrogen (secondary N) is 1. The van der Waals surface area contributed by atoms with E-state index in [1.807, 2.05) is 13.8 Å².